The van der Waals surface area contributed by atoms with Crippen LogP contribution >= 0.6 is 11.8 Å². The highest BCUT2D eigenvalue weighted by Crippen LogP contribution is 2.28. The van der Waals surface area contributed by atoms with Crippen LogP contribution in [0.4, 0.5) is 5.69 Å². The Morgan fingerprint density at radius 2 is 2.33 bits per heavy atom. The molecule has 1 unspecified atom stereocenters. The van der Waals surface area contributed by atoms with Gasteiger partial charge in [0.15, 0.2) is 0 Å². The first kappa shape index (κ1) is 13.3. The van der Waals surface area contributed by atoms with Gasteiger partial charge in [-0.15, -0.1) is 0 Å². The van der Waals surface area contributed by atoms with Crippen LogP contribution in [0.5, 0.6) is 0 Å². The highest BCUT2D eigenvalue weighted by Gasteiger charge is 2.20. The third-order valence-corrected chi connectivity index (χ3v) is 4.75. The molecule has 18 heavy (non-hydrogen) atoms. The van der Waals surface area contributed by atoms with Gasteiger partial charge in [-0.3, -0.25) is 0 Å². The molecule has 0 bridgehead atoms. The molecule has 1 aromatic rings. The maximum absolute atomic E-state index is 10.9. The molecule has 1 atom stereocenters. The zero-order chi connectivity index (χ0) is 13.1. The average Bonchev–Trinajstić information content (AvgIpc) is 2.38. The monoisotopic (exact) mass is 265 g/mol. The van der Waals surface area contributed by atoms with Crippen LogP contribution < -0.4 is 4.90 Å². The fourth-order valence-electron chi connectivity index (χ4n) is 2.33. The number of aryl methyl sites for hydroxylation is 1. The number of hydrogen-bond acceptors (Lipinski definition) is 3. The Labute approximate surface area is 112 Å². The Morgan fingerprint density at radius 3 is 2.94 bits per heavy atom. The molecule has 0 spiro atoms. The predicted molar refractivity (Wildman–Crippen MR) is 76.9 cm³/mol. The summed E-state index contributed by atoms with van der Waals surface area (Å²) < 4.78 is 0. The average molecular weight is 265 g/mol. The number of anilines is 1. The first-order valence-electron chi connectivity index (χ1n) is 6.32. The van der Waals surface area contributed by atoms with E-state index in [0.717, 1.165) is 24.4 Å². The van der Waals surface area contributed by atoms with Crippen molar-refractivity contribution in [2.45, 2.75) is 25.5 Å². The van der Waals surface area contributed by atoms with Crippen LogP contribution in [-0.4, -0.2) is 35.2 Å². The lowest BCUT2D eigenvalue weighted by Crippen LogP contribution is -2.38. The second kappa shape index (κ2) is 5.65. The molecule has 1 aliphatic rings. The van der Waals surface area contributed by atoms with Gasteiger partial charge in [0.25, 0.3) is 0 Å². The van der Waals surface area contributed by atoms with E-state index in [0.29, 0.717) is 10.8 Å². The zero-order valence-electron chi connectivity index (χ0n) is 10.8. The minimum absolute atomic E-state index is 0.370. The van der Waals surface area contributed by atoms with Gasteiger partial charge in [0.1, 0.15) is 0 Å². The molecule has 1 N–H and O–H groups in total. The summed E-state index contributed by atoms with van der Waals surface area (Å²) >= 11 is 2.04. The molecule has 0 radical (unpaired) electrons. The number of carboxylic acid groups (broad SMARTS) is 1. The van der Waals surface area contributed by atoms with Crippen molar-refractivity contribution in [3.8, 4) is 0 Å². The molecule has 4 heteroatoms. The third-order valence-electron chi connectivity index (χ3n) is 3.38. The third kappa shape index (κ3) is 2.80. The van der Waals surface area contributed by atoms with E-state index in [4.69, 9.17) is 5.11 Å². The van der Waals surface area contributed by atoms with Crippen molar-refractivity contribution in [3.05, 3.63) is 29.3 Å². The zero-order valence-corrected chi connectivity index (χ0v) is 11.7. The number of hydrogen-bond donors (Lipinski definition) is 1. The molecular formula is C14H19NO2S. The van der Waals surface area contributed by atoms with Gasteiger partial charge >= 0.3 is 5.97 Å². The molecule has 1 aliphatic heterocycles. The van der Waals surface area contributed by atoms with Crippen molar-refractivity contribution in [1.82, 2.24) is 0 Å². The van der Waals surface area contributed by atoms with Crippen LogP contribution in [-0.2, 0) is 0 Å². The van der Waals surface area contributed by atoms with Gasteiger partial charge in [-0.25, -0.2) is 4.79 Å². The number of aromatic carboxylic acids is 1. The van der Waals surface area contributed by atoms with E-state index < -0.39 is 5.97 Å². The predicted octanol–water partition coefficient (Wildman–Crippen LogP) is 3.03. The Kier molecular flexibility index (Phi) is 4.17. The maximum atomic E-state index is 10.9. The van der Waals surface area contributed by atoms with Gasteiger partial charge in [0.05, 0.1) is 5.56 Å². The standard InChI is InChI=1S/C14H19NO2S/c1-3-12-9-15(6-7-18-12)13-5-4-11(14(16)17)8-10(13)2/h4-5,8,12H,3,6-7,9H2,1-2H3,(H,16,17). The van der Waals surface area contributed by atoms with Gasteiger partial charge in [-0.2, -0.15) is 11.8 Å². The minimum atomic E-state index is -0.856. The summed E-state index contributed by atoms with van der Waals surface area (Å²) in [7, 11) is 0. The fourth-order valence-corrected chi connectivity index (χ4v) is 3.51. The molecule has 0 amide bonds. The number of benzene rings is 1. The van der Waals surface area contributed by atoms with Gasteiger partial charge in [-0.1, -0.05) is 6.92 Å². The molecule has 1 heterocycles. The van der Waals surface area contributed by atoms with Crippen molar-refractivity contribution in [3.63, 3.8) is 0 Å². The number of nitrogens with zero attached hydrogens (tertiary/aromatic N) is 1. The smallest absolute Gasteiger partial charge is 0.335 e. The van der Waals surface area contributed by atoms with E-state index in [1.165, 1.54) is 12.1 Å². The van der Waals surface area contributed by atoms with Crippen LogP contribution in [0, 0.1) is 6.92 Å². The summed E-state index contributed by atoms with van der Waals surface area (Å²) in [5.74, 6) is 0.295. The molecule has 3 nitrogen and oxygen atoms in total. The van der Waals surface area contributed by atoms with E-state index in [1.807, 2.05) is 24.8 Å². The van der Waals surface area contributed by atoms with Crippen LogP contribution in [0.15, 0.2) is 18.2 Å². The lowest BCUT2D eigenvalue weighted by Gasteiger charge is -2.34. The van der Waals surface area contributed by atoms with Gasteiger partial charge < -0.3 is 10.0 Å². The first-order valence-corrected chi connectivity index (χ1v) is 7.37. The largest absolute Gasteiger partial charge is 0.478 e. The number of carbonyl (C=O) groups is 1. The number of thioether (sulfide) groups is 1. The Morgan fingerprint density at radius 1 is 1.56 bits per heavy atom. The number of carboxylic acids is 1. The summed E-state index contributed by atoms with van der Waals surface area (Å²) in [6.07, 6.45) is 1.19. The van der Waals surface area contributed by atoms with Crippen molar-refractivity contribution in [2.75, 3.05) is 23.7 Å². The van der Waals surface area contributed by atoms with Crippen LogP contribution in [0.2, 0.25) is 0 Å². The van der Waals surface area contributed by atoms with Crippen molar-refractivity contribution < 1.29 is 9.90 Å². The Bertz CT molecular complexity index is 447. The molecule has 2 rings (SSSR count). The normalized spacial score (nSPS) is 19.9. The Balaban J connectivity index is 2.20. The van der Waals surface area contributed by atoms with E-state index in [-0.39, 0.29) is 0 Å². The van der Waals surface area contributed by atoms with Crippen LogP contribution in [0.3, 0.4) is 0 Å². The first-order chi connectivity index (χ1) is 8.61. The van der Waals surface area contributed by atoms with E-state index >= 15 is 0 Å². The number of rotatable bonds is 3. The molecule has 0 saturated carbocycles. The molecule has 1 saturated heterocycles. The highest BCUT2D eigenvalue weighted by atomic mass is 32.2. The summed E-state index contributed by atoms with van der Waals surface area (Å²) in [6, 6.07) is 5.41. The van der Waals surface area contributed by atoms with Gasteiger partial charge in [-0.05, 0) is 37.1 Å². The van der Waals surface area contributed by atoms with E-state index in [1.54, 1.807) is 12.1 Å². The molecule has 0 aromatic heterocycles. The van der Waals surface area contributed by atoms with E-state index in [9.17, 15) is 4.79 Å². The topological polar surface area (TPSA) is 40.5 Å². The van der Waals surface area contributed by atoms with Crippen molar-refractivity contribution in [2.24, 2.45) is 0 Å². The summed E-state index contributed by atoms with van der Waals surface area (Å²) in [6.45, 7) is 6.33. The second-order valence-electron chi connectivity index (χ2n) is 4.65. The molecule has 0 aliphatic carbocycles. The SMILES string of the molecule is CCC1CN(c2ccc(C(=O)O)cc2C)CCS1. The lowest BCUT2D eigenvalue weighted by molar-refractivity contribution is 0.0697. The molecule has 98 valence electrons. The second-order valence-corrected chi connectivity index (χ2v) is 6.06. The fraction of sp³-hybridized carbons (Fsp3) is 0.500. The van der Waals surface area contributed by atoms with Crippen molar-refractivity contribution in [1.29, 1.82) is 0 Å². The van der Waals surface area contributed by atoms with Crippen molar-refractivity contribution >= 4 is 23.4 Å². The highest BCUT2D eigenvalue weighted by molar-refractivity contribution is 8.00. The van der Waals surface area contributed by atoms with E-state index in [2.05, 4.69) is 11.8 Å². The maximum Gasteiger partial charge on any atom is 0.335 e. The lowest BCUT2D eigenvalue weighted by atomic mass is 10.1. The summed E-state index contributed by atoms with van der Waals surface area (Å²) in [5, 5.41) is 9.67. The summed E-state index contributed by atoms with van der Waals surface area (Å²) in [5.41, 5.74) is 2.60. The minimum Gasteiger partial charge on any atom is -0.478 e. The molecular weight excluding hydrogens is 246 g/mol. The molecule has 1 aromatic carbocycles. The quantitative estimate of drug-likeness (QED) is 0.912. The molecule has 1 fully saturated rings. The Hall–Kier alpha value is -1.16. The summed E-state index contributed by atoms with van der Waals surface area (Å²) in [4.78, 5) is 13.3. The van der Waals surface area contributed by atoms with Crippen LogP contribution in [0.25, 0.3) is 0 Å². The van der Waals surface area contributed by atoms with Crippen LogP contribution in [0.1, 0.15) is 29.3 Å². The van der Waals surface area contributed by atoms with Gasteiger partial charge in [0, 0.05) is 29.8 Å². The van der Waals surface area contributed by atoms with Gasteiger partial charge in [0.2, 0.25) is 0 Å².